The second kappa shape index (κ2) is 4.17. The molecule has 2 nitrogen and oxygen atoms in total. The quantitative estimate of drug-likeness (QED) is 0.783. The van der Waals surface area contributed by atoms with Crippen LogP contribution in [-0.4, -0.2) is 12.1 Å². The Morgan fingerprint density at radius 1 is 1.54 bits per heavy atom. The first kappa shape index (κ1) is 10.6. The number of alkyl halides is 2. The Balaban J connectivity index is 3.22. The molecule has 0 N–H and O–H groups in total. The van der Waals surface area contributed by atoms with Gasteiger partial charge < -0.3 is 4.74 Å². The number of methoxy groups -OCH3 is 1. The summed E-state index contributed by atoms with van der Waals surface area (Å²) in [6.07, 6.45) is -2.55. The first-order valence-electron chi connectivity index (χ1n) is 3.55. The highest BCUT2D eigenvalue weighted by Crippen LogP contribution is 2.27. The first-order valence-corrected chi connectivity index (χ1v) is 4.63. The SMILES string of the molecule is COc1nc(C(F)F)c(I)cc1C. The molecule has 0 aliphatic heterocycles. The Kier molecular flexibility index (Phi) is 3.40. The number of pyridine rings is 1. The van der Waals surface area contributed by atoms with Crippen molar-refractivity contribution >= 4 is 22.6 Å². The molecule has 0 aliphatic carbocycles. The van der Waals surface area contributed by atoms with Gasteiger partial charge in [-0.05, 0) is 35.6 Å². The van der Waals surface area contributed by atoms with Crippen molar-refractivity contribution in [2.45, 2.75) is 13.3 Å². The maximum atomic E-state index is 12.4. The van der Waals surface area contributed by atoms with Gasteiger partial charge in [-0.25, -0.2) is 13.8 Å². The molecule has 0 bridgehead atoms. The predicted octanol–water partition coefficient (Wildman–Crippen LogP) is 2.94. The molecule has 1 heterocycles. The third-order valence-corrected chi connectivity index (χ3v) is 2.41. The van der Waals surface area contributed by atoms with E-state index >= 15 is 0 Å². The van der Waals surface area contributed by atoms with Crippen molar-refractivity contribution in [1.29, 1.82) is 0 Å². The lowest BCUT2D eigenvalue weighted by Crippen LogP contribution is -1.99. The molecule has 0 saturated heterocycles. The lowest BCUT2D eigenvalue weighted by atomic mass is 10.2. The highest BCUT2D eigenvalue weighted by Gasteiger charge is 2.16. The van der Waals surface area contributed by atoms with E-state index in [9.17, 15) is 8.78 Å². The summed E-state index contributed by atoms with van der Waals surface area (Å²) in [5.74, 6) is 0.260. The summed E-state index contributed by atoms with van der Waals surface area (Å²) in [5, 5.41) is 0. The molecule has 0 spiro atoms. The minimum absolute atomic E-state index is 0.219. The monoisotopic (exact) mass is 299 g/mol. The summed E-state index contributed by atoms with van der Waals surface area (Å²) in [5.41, 5.74) is 0.541. The maximum Gasteiger partial charge on any atom is 0.281 e. The van der Waals surface area contributed by atoms with Crippen LogP contribution in [0.4, 0.5) is 8.78 Å². The lowest BCUT2D eigenvalue weighted by molar-refractivity contribution is 0.144. The van der Waals surface area contributed by atoms with Crippen LogP contribution in [0, 0.1) is 10.5 Å². The highest BCUT2D eigenvalue weighted by atomic mass is 127. The summed E-state index contributed by atoms with van der Waals surface area (Å²) in [6, 6.07) is 1.63. The largest absolute Gasteiger partial charge is 0.481 e. The van der Waals surface area contributed by atoms with Gasteiger partial charge in [-0.15, -0.1) is 0 Å². The molecular weight excluding hydrogens is 291 g/mol. The van der Waals surface area contributed by atoms with E-state index in [0.717, 1.165) is 5.56 Å². The third-order valence-electron chi connectivity index (χ3n) is 1.55. The average Bonchev–Trinajstić information content (AvgIpc) is 2.03. The first-order chi connectivity index (χ1) is 6.06. The minimum atomic E-state index is -2.55. The van der Waals surface area contributed by atoms with Crippen LogP contribution in [0.15, 0.2) is 6.07 Å². The minimum Gasteiger partial charge on any atom is -0.481 e. The number of hydrogen-bond donors (Lipinski definition) is 0. The summed E-state index contributed by atoms with van der Waals surface area (Å²) < 4.78 is 30.0. The van der Waals surface area contributed by atoms with Gasteiger partial charge in [0, 0.05) is 9.13 Å². The lowest BCUT2D eigenvalue weighted by Gasteiger charge is -2.07. The summed E-state index contributed by atoms with van der Waals surface area (Å²) in [4.78, 5) is 3.71. The zero-order valence-corrected chi connectivity index (χ0v) is 9.30. The zero-order valence-electron chi connectivity index (χ0n) is 7.14. The predicted molar refractivity (Wildman–Crippen MR) is 53.2 cm³/mol. The van der Waals surface area contributed by atoms with Crippen molar-refractivity contribution < 1.29 is 13.5 Å². The van der Waals surface area contributed by atoms with E-state index in [-0.39, 0.29) is 11.6 Å². The van der Waals surface area contributed by atoms with Gasteiger partial charge in [0.1, 0.15) is 5.69 Å². The Morgan fingerprint density at radius 2 is 2.15 bits per heavy atom. The molecular formula is C8H8F2INO. The van der Waals surface area contributed by atoms with Crippen molar-refractivity contribution in [3.63, 3.8) is 0 Å². The van der Waals surface area contributed by atoms with Gasteiger partial charge in [-0.3, -0.25) is 0 Å². The van der Waals surface area contributed by atoms with Gasteiger partial charge in [-0.2, -0.15) is 0 Å². The van der Waals surface area contributed by atoms with E-state index in [0.29, 0.717) is 3.57 Å². The molecule has 1 aromatic rings. The molecule has 0 saturated carbocycles. The van der Waals surface area contributed by atoms with E-state index in [1.165, 1.54) is 7.11 Å². The average molecular weight is 299 g/mol. The Hall–Kier alpha value is -0.460. The van der Waals surface area contributed by atoms with Crippen LogP contribution in [0.3, 0.4) is 0 Å². The highest BCUT2D eigenvalue weighted by molar-refractivity contribution is 14.1. The van der Waals surface area contributed by atoms with Crippen LogP contribution >= 0.6 is 22.6 Å². The van der Waals surface area contributed by atoms with Crippen molar-refractivity contribution in [2.75, 3.05) is 7.11 Å². The van der Waals surface area contributed by atoms with Gasteiger partial charge in [0.15, 0.2) is 0 Å². The third kappa shape index (κ3) is 2.26. The summed E-state index contributed by atoms with van der Waals surface area (Å²) >= 11 is 1.84. The Morgan fingerprint density at radius 3 is 2.62 bits per heavy atom. The molecule has 0 aromatic carbocycles. The van der Waals surface area contributed by atoms with Gasteiger partial charge in [0.2, 0.25) is 5.88 Å². The maximum absolute atomic E-state index is 12.4. The second-order valence-electron chi connectivity index (χ2n) is 2.48. The molecule has 72 valence electrons. The van der Waals surface area contributed by atoms with Gasteiger partial charge >= 0.3 is 0 Å². The van der Waals surface area contributed by atoms with Gasteiger partial charge in [-0.1, -0.05) is 0 Å². The summed E-state index contributed by atoms with van der Waals surface area (Å²) in [6.45, 7) is 1.77. The molecule has 1 rings (SSSR count). The number of aromatic nitrogens is 1. The zero-order chi connectivity index (χ0) is 10.0. The van der Waals surface area contributed by atoms with Gasteiger partial charge in [0.05, 0.1) is 7.11 Å². The molecule has 0 amide bonds. The van der Waals surface area contributed by atoms with E-state index in [4.69, 9.17) is 4.74 Å². The van der Waals surface area contributed by atoms with Crippen molar-refractivity contribution in [3.8, 4) is 5.88 Å². The number of nitrogens with zero attached hydrogens (tertiary/aromatic N) is 1. The van der Waals surface area contributed by atoms with E-state index < -0.39 is 6.43 Å². The fourth-order valence-corrected chi connectivity index (χ4v) is 1.76. The van der Waals surface area contributed by atoms with Crippen molar-refractivity contribution in [3.05, 3.63) is 20.9 Å². The van der Waals surface area contributed by atoms with Crippen LogP contribution in [0.5, 0.6) is 5.88 Å². The molecule has 13 heavy (non-hydrogen) atoms. The molecule has 0 unspecified atom stereocenters. The molecule has 0 aliphatic rings. The van der Waals surface area contributed by atoms with Crippen LogP contribution in [0.1, 0.15) is 17.7 Å². The summed E-state index contributed by atoms with van der Waals surface area (Å²) in [7, 11) is 1.41. The second-order valence-corrected chi connectivity index (χ2v) is 3.64. The molecule has 0 radical (unpaired) electrons. The number of ether oxygens (including phenoxy) is 1. The number of hydrogen-bond acceptors (Lipinski definition) is 2. The number of halogens is 3. The van der Waals surface area contributed by atoms with Gasteiger partial charge in [0.25, 0.3) is 6.43 Å². The van der Waals surface area contributed by atoms with Crippen LogP contribution in [0.25, 0.3) is 0 Å². The fraction of sp³-hybridized carbons (Fsp3) is 0.375. The van der Waals surface area contributed by atoms with E-state index in [2.05, 4.69) is 4.98 Å². The fourth-order valence-electron chi connectivity index (χ4n) is 0.936. The van der Waals surface area contributed by atoms with Crippen molar-refractivity contribution in [1.82, 2.24) is 4.98 Å². The molecule has 0 fully saturated rings. The standard InChI is InChI=1S/C8H8F2INO/c1-4-3-5(11)6(7(9)10)12-8(4)13-2/h3,7H,1-2H3. The normalized spacial score (nSPS) is 10.6. The topological polar surface area (TPSA) is 22.1 Å². The van der Waals surface area contributed by atoms with Crippen molar-refractivity contribution in [2.24, 2.45) is 0 Å². The Bertz CT molecular complexity index is 317. The number of aryl methyl sites for hydroxylation is 1. The smallest absolute Gasteiger partial charge is 0.281 e. The molecule has 5 heteroatoms. The van der Waals surface area contributed by atoms with Crippen LogP contribution in [-0.2, 0) is 0 Å². The van der Waals surface area contributed by atoms with E-state index in [1.807, 2.05) is 22.6 Å². The number of rotatable bonds is 2. The molecule has 0 atom stereocenters. The van der Waals surface area contributed by atoms with Crippen LogP contribution in [0.2, 0.25) is 0 Å². The molecule has 1 aromatic heterocycles. The van der Waals surface area contributed by atoms with Crippen LogP contribution < -0.4 is 4.74 Å². The van der Waals surface area contributed by atoms with E-state index in [1.54, 1.807) is 13.0 Å². The Labute approximate surface area is 88.5 Å².